The van der Waals surface area contributed by atoms with E-state index in [-0.39, 0.29) is 12.2 Å². The van der Waals surface area contributed by atoms with Crippen LogP contribution in [0.15, 0.2) is 0 Å². The Hall–Kier alpha value is -0.130. The smallest absolute Gasteiger partial charge is 0.147 e. The average Bonchev–Trinajstić information content (AvgIpc) is 2.11. The third-order valence-electron chi connectivity index (χ3n) is 3.26. The predicted molar refractivity (Wildman–Crippen MR) is 63.1 cm³/mol. The molecule has 0 aromatic carbocycles. The highest BCUT2D eigenvalue weighted by Gasteiger charge is 2.56. The van der Waals surface area contributed by atoms with Gasteiger partial charge in [0.15, 0.2) is 0 Å². The molecule has 1 unspecified atom stereocenters. The molecule has 0 saturated carbocycles. The van der Waals surface area contributed by atoms with Crippen molar-refractivity contribution in [2.75, 3.05) is 12.0 Å². The SMILES string of the molecule is CC1(C)CC(O)(CCS(C)(=O)=O)C(C)(C)O1. The van der Waals surface area contributed by atoms with Crippen LogP contribution in [-0.4, -0.2) is 42.3 Å². The first kappa shape index (κ1) is 13.9. The van der Waals surface area contributed by atoms with Gasteiger partial charge in [0.2, 0.25) is 0 Å². The van der Waals surface area contributed by atoms with Crippen molar-refractivity contribution in [1.29, 1.82) is 0 Å². The summed E-state index contributed by atoms with van der Waals surface area (Å²) in [6.45, 7) is 7.44. The molecule has 96 valence electrons. The molecule has 5 heteroatoms. The highest BCUT2D eigenvalue weighted by molar-refractivity contribution is 7.90. The number of rotatable bonds is 3. The van der Waals surface area contributed by atoms with Crippen molar-refractivity contribution in [3.05, 3.63) is 0 Å². The highest BCUT2D eigenvalue weighted by Crippen LogP contribution is 2.46. The lowest BCUT2D eigenvalue weighted by molar-refractivity contribution is -0.126. The second kappa shape index (κ2) is 3.68. The van der Waals surface area contributed by atoms with Crippen LogP contribution in [0.2, 0.25) is 0 Å². The molecule has 1 fully saturated rings. The Balaban J connectivity index is 2.85. The van der Waals surface area contributed by atoms with Crippen LogP contribution in [0.1, 0.15) is 40.5 Å². The van der Waals surface area contributed by atoms with Crippen LogP contribution in [0.3, 0.4) is 0 Å². The molecule has 0 aromatic heterocycles. The van der Waals surface area contributed by atoms with E-state index in [0.717, 1.165) is 0 Å². The zero-order valence-electron chi connectivity index (χ0n) is 10.7. The lowest BCUT2D eigenvalue weighted by Crippen LogP contribution is -2.47. The van der Waals surface area contributed by atoms with Gasteiger partial charge in [-0.15, -0.1) is 0 Å². The largest absolute Gasteiger partial charge is 0.387 e. The fourth-order valence-electron chi connectivity index (χ4n) is 2.48. The molecule has 0 spiro atoms. The maximum absolute atomic E-state index is 11.2. The van der Waals surface area contributed by atoms with Crippen molar-refractivity contribution in [3.63, 3.8) is 0 Å². The summed E-state index contributed by atoms with van der Waals surface area (Å²) in [5.41, 5.74) is -2.18. The molecule has 0 bridgehead atoms. The minimum absolute atomic E-state index is 0.00757. The molecule has 0 aromatic rings. The number of hydrogen-bond donors (Lipinski definition) is 1. The van der Waals surface area contributed by atoms with Gasteiger partial charge in [0.05, 0.1) is 22.6 Å². The first-order valence-electron chi connectivity index (χ1n) is 5.47. The third kappa shape index (κ3) is 2.96. The summed E-state index contributed by atoms with van der Waals surface area (Å²) >= 11 is 0. The summed E-state index contributed by atoms with van der Waals surface area (Å²) in [5, 5.41) is 10.5. The Bertz CT molecular complexity index is 369. The lowest BCUT2D eigenvalue weighted by Gasteiger charge is -2.34. The normalized spacial score (nSPS) is 32.9. The van der Waals surface area contributed by atoms with Gasteiger partial charge in [0, 0.05) is 12.7 Å². The monoisotopic (exact) mass is 250 g/mol. The molecular weight excluding hydrogens is 228 g/mol. The zero-order chi connectivity index (χ0) is 12.8. The predicted octanol–water partition coefficient (Wildman–Crippen LogP) is 1.13. The van der Waals surface area contributed by atoms with Gasteiger partial charge < -0.3 is 9.84 Å². The molecule has 1 atom stereocenters. The van der Waals surface area contributed by atoms with Crippen LogP contribution < -0.4 is 0 Å². The topological polar surface area (TPSA) is 63.6 Å². The van der Waals surface area contributed by atoms with E-state index in [1.54, 1.807) is 0 Å². The molecular formula is C11H22O4S. The number of hydrogen-bond acceptors (Lipinski definition) is 4. The van der Waals surface area contributed by atoms with Gasteiger partial charge in [0.25, 0.3) is 0 Å². The van der Waals surface area contributed by atoms with E-state index in [2.05, 4.69) is 0 Å². The fraction of sp³-hybridized carbons (Fsp3) is 1.00. The van der Waals surface area contributed by atoms with Crippen LogP contribution in [0.4, 0.5) is 0 Å². The molecule has 1 saturated heterocycles. The van der Waals surface area contributed by atoms with Gasteiger partial charge in [-0.3, -0.25) is 0 Å². The van der Waals surface area contributed by atoms with Gasteiger partial charge in [0.1, 0.15) is 9.84 Å². The molecule has 1 rings (SSSR count). The summed E-state index contributed by atoms with van der Waals surface area (Å²) in [4.78, 5) is 0. The molecule has 4 nitrogen and oxygen atoms in total. The van der Waals surface area contributed by atoms with E-state index in [0.29, 0.717) is 6.42 Å². The van der Waals surface area contributed by atoms with Crippen LogP contribution in [-0.2, 0) is 14.6 Å². The number of aliphatic hydroxyl groups is 1. The molecule has 1 heterocycles. The first-order chi connectivity index (χ1) is 6.87. The van der Waals surface area contributed by atoms with Crippen molar-refractivity contribution in [1.82, 2.24) is 0 Å². The standard InChI is InChI=1S/C11H22O4S/c1-9(2)8-11(12,10(3,4)15-9)6-7-16(5,13)14/h12H,6-8H2,1-5H3. The van der Waals surface area contributed by atoms with Gasteiger partial charge >= 0.3 is 0 Å². The summed E-state index contributed by atoms with van der Waals surface area (Å²) < 4.78 is 28.1. The third-order valence-corrected chi connectivity index (χ3v) is 4.20. The lowest BCUT2D eigenvalue weighted by atomic mass is 9.80. The summed E-state index contributed by atoms with van der Waals surface area (Å²) in [6.07, 6.45) is 1.87. The van der Waals surface area contributed by atoms with Gasteiger partial charge in [-0.1, -0.05) is 0 Å². The van der Waals surface area contributed by atoms with Crippen molar-refractivity contribution >= 4 is 9.84 Å². The number of ether oxygens (including phenoxy) is 1. The zero-order valence-corrected chi connectivity index (χ0v) is 11.5. The Morgan fingerprint density at radius 1 is 1.25 bits per heavy atom. The molecule has 1 aliphatic rings. The fourth-order valence-corrected chi connectivity index (χ4v) is 3.19. The molecule has 0 aliphatic carbocycles. The second-order valence-corrected chi connectivity index (χ2v) is 8.22. The molecule has 1 aliphatic heterocycles. The summed E-state index contributed by atoms with van der Waals surface area (Å²) in [6, 6.07) is 0. The minimum atomic E-state index is -3.05. The van der Waals surface area contributed by atoms with Gasteiger partial charge in [-0.25, -0.2) is 8.42 Å². The van der Waals surface area contributed by atoms with Gasteiger partial charge in [-0.2, -0.15) is 0 Å². The maximum atomic E-state index is 11.2. The minimum Gasteiger partial charge on any atom is -0.387 e. The first-order valence-corrected chi connectivity index (χ1v) is 7.53. The average molecular weight is 250 g/mol. The Kier molecular flexibility index (Phi) is 3.21. The van der Waals surface area contributed by atoms with Crippen LogP contribution >= 0.6 is 0 Å². The molecule has 1 N–H and O–H groups in total. The van der Waals surface area contributed by atoms with Crippen LogP contribution in [0.25, 0.3) is 0 Å². The van der Waals surface area contributed by atoms with Crippen molar-refractivity contribution in [2.24, 2.45) is 0 Å². The van der Waals surface area contributed by atoms with Gasteiger partial charge in [-0.05, 0) is 34.1 Å². The Morgan fingerprint density at radius 2 is 1.75 bits per heavy atom. The second-order valence-electron chi connectivity index (χ2n) is 5.96. The van der Waals surface area contributed by atoms with Crippen molar-refractivity contribution in [3.8, 4) is 0 Å². The van der Waals surface area contributed by atoms with E-state index in [1.165, 1.54) is 6.26 Å². The number of sulfone groups is 1. The van der Waals surface area contributed by atoms with Crippen LogP contribution in [0.5, 0.6) is 0 Å². The van der Waals surface area contributed by atoms with E-state index >= 15 is 0 Å². The van der Waals surface area contributed by atoms with Crippen LogP contribution in [0, 0.1) is 0 Å². The van der Waals surface area contributed by atoms with E-state index in [4.69, 9.17) is 4.74 Å². The Labute approximate surface area is 97.9 Å². The van der Waals surface area contributed by atoms with E-state index < -0.39 is 26.6 Å². The highest BCUT2D eigenvalue weighted by atomic mass is 32.2. The molecule has 0 radical (unpaired) electrons. The van der Waals surface area contributed by atoms with E-state index in [9.17, 15) is 13.5 Å². The summed E-state index contributed by atoms with van der Waals surface area (Å²) in [5.74, 6) is -0.00757. The summed E-state index contributed by atoms with van der Waals surface area (Å²) in [7, 11) is -3.05. The molecule has 0 amide bonds. The Morgan fingerprint density at radius 3 is 2.06 bits per heavy atom. The molecule has 16 heavy (non-hydrogen) atoms. The van der Waals surface area contributed by atoms with Crippen molar-refractivity contribution in [2.45, 2.75) is 57.3 Å². The maximum Gasteiger partial charge on any atom is 0.147 e. The van der Waals surface area contributed by atoms with Crippen molar-refractivity contribution < 1.29 is 18.3 Å². The quantitative estimate of drug-likeness (QED) is 0.815. The van der Waals surface area contributed by atoms with E-state index in [1.807, 2.05) is 27.7 Å².